The largest absolute Gasteiger partial charge is 0.497 e. The molecule has 3 rings (SSSR count). The van der Waals surface area contributed by atoms with E-state index in [0.717, 1.165) is 0 Å². The predicted molar refractivity (Wildman–Crippen MR) is 90.6 cm³/mol. The van der Waals surface area contributed by atoms with Crippen LogP contribution >= 0.6 is 11.6 Å². The summed E-state index contributed by atoms with van der Waals surface area (Å²) in [5.74, 6) is -0.318. The molecule has 1 aliphatic heterocycles. The van der Waals surface area contributed by atoms with Crippen molar-refractivity contribution >= 4 is 29.2 Å². The van der Waals surface area contributed by atoms with E-state index < -0.39 is 17.5 Å². The van der Waals surface area contributed by atoms with Crippen molar-refractivity contribution in [2.45, 2.75) is 18.9 Å². The Balaban J connectivity index is 1.85. The van der Waals surface area contributed by atoms with Crippen molar-refractivity contribution in [3.05, 3.63) is 58.6 Å². The van der Waals surface area contributed by atoms with Gasteiger partial charge in [-0.05, 0) is 42.8 Å². The molecule has 1 amide bonds. The van der Waals surface area contributed by atoms with Gasteiger partial charge < -0.3 is 14.8 Å². The normalized spacial score (nSPS) is 19.2. The van der Waals surface area contributed by atoms with E-state index in [-0.39, 0.29) is 6.42 Å². The Morgan fingerprint density at radius 2 is 2.08 bits per heavy atom. The van der Waals surface area contributed by atoms with Gasteiger partial charge in [-0.1, -0.05) is 17.7 Å². The van der Waals surface area contributed by atoms with Crippen LogP contribution in [-0.4, -0.2) is 24.6 Å². The van der Waals surface area contributed by atoms with Crippen LogP contribution in [0, 0.1) is 0 Å². The molecule has 0 radical (unpaired) electrons. The summed E-state index contributed by atoms with van der Waals surface area (Å²) in [6.45, 7) is 1.59. The summed E-state index contributed by atoms with van der Waals surface area (Å²) in [4.78, 5) is 24.9. The highest BCUT2D eigenvalue weighted by Gasteiger charge is 2.42. The van der Waals surface area contributed by atoms with E-state index in [2.05, 4.69) is 5.32 Å². The third-order valence-electron chi connectivity index (χ3n) is 3.94. The number of fused-ring (bicyclic) bond motifs is 1. The van der Waals surface area contributed by atoms with Crippen molar-refractivity contribution in [1.29, 1.82) is 0 Å². The van der Waals surface area contributed by atoms with Crippen molar-refractivity contribution in [1.82, 2.24) is 0 Å². The third kappa shape index (κ3) is 3.08. The second-order valence-corrected chi connectivity index (χ2v) is 6.22. The number of hydrogen-bond acceptors (Lipinski definition) is 4. The Labute approximate surface area is 144 Å². The van der Waals surface area contributed by atoms with E-state index in [0.29, 0.717) is 27.6 Å². The summed E-state index contributed by atoms with van der Waals surface area (Å²) in [7, 11) is 1.55. The number of carbonyl (C=O) groups is 2. The first kappa shape index (κ1) is 16.3. The Kier molecular flexibility index (Phi) is 4.20. The Bertz CT molecular complexity index is 820. The van der Waals surface area contributed by atoms with Crippen LogP contribution in [0.1, 0.15) is 22.8 Å². The highest BCUT2D eigenvalue weighted by atomic mass is 35.5. The van der Waals surface area contributed by atoms with Crippen molar-refractivity contribution in [3.8, 4) is 5.75 Å². The highest BCUT2D eigenvalue weighted by molar-refractivity contribution is 6.30. The fourth-order valence-electron chi connectivity index (χ4n) is 2.66. The zero-order chi connectivity index (χ0) is 17.3. The number of anilines is 1. The summed E-state index contributed by atoms with van der Waals surface area (Å²) in [5, 5.41) is 3.28. The molecule has 0 bridgehead atoms. The van der Waals surface area contributed by atoms with Crippen molar-refractivity contribution < 1.29 is 19.1 Å². The molecule has 0 aliphatic carbocycles. The molecule has 24 heavy (non-hydrogen) atoms. The summed E-state index contributed by atoms with van der Waals surface area (Å²) >= 11 is 5.99. The average Bonchev–Trinajstić information content (AvgIpc) is 2.54. The molecule has 1 unspecified atom stereocenters. The second kappa shape index (κ2) is 6.17. The number of methoxy groups -OCH3 is 1. The summed E-state index contributed by atoms with van der Waals surface area (Å²) < 4.78 is 10.5. The molecule has 2 aromatic carbocycles. The number of nitrogens with one attached hydrogen (secondary N) is 1. The molecule has 0 aromatic heterocycles. The first-order valence-corrected chi connectivity index (χ1v) is 7.76. The van der Waals surface area contributed by atoms with Crippen LogP contribution in [-0.2, 0) is 16.0 Å². The van der Waals surface area contributed by atoms with E-state index in [1.807, 2.05) is 0 Å². The number of esters is 1. The van der Waals surface area contributed by atoms with Gasteiger partial charge in [0.1, 0.15) is 5.75 Å². The molecule has 1 aliphatic rings. The van der Waals surface area contributed by atoms with Gasteiger partial charge in [-0.15, -0.1) is 0 Å². The molecule has 1 N–H and O–H groups in total. The molecule has 0 saturated carbocycles. The fourth-order valence-corrected chi connectivity index (χ4v) is 2.85. The summed E-state index contributed by atoms with van der Waals surface area (Å²) in [5.41, 5.74) is 0.388. The van der Waals surface area contributed by atoms with Gasteiger partial charge in [0.25, 0.3) is 5.91 Å². The van der Waals surface area contributed by atoms with Crippen molar-refractivity contribution in [3.63, 3.8) is 0 Å². The van der Waals surface area contributed by atoms with Gasteiger partial charge in [-0.2, -0.15) is 0 Å². The third-order valence-corrected chi connectivity index (χ3v) is 4.18. The number of rotatable bonds is 3. The van der Waals surface area contributed by atoms with Crippen LogP contribution in [0.15, 0.2) is 42.5 Å². The molecule has 6 heteroatoms. The molecule has 2 aromatic rings. The van der Waals surface area contributed by atoms with Gasteiger partial charge >= 0.3 is 5.97 Å². The molecule has 0 fully saturated rings. The smallest absolute Gasteiger partial charge is 0.339 e. The van der Waals surface area contributed by atoms with Crippen LogP contribution in [0.5, 0.6) is 5.75 Å². The van der Waals surface area contributed by atoms with E-state index in [1.165, 1.54) is 0 Å². The number of hydrogen-bond donors (Lipinski definition) is 1. The van der Waals surface area contributed by atoms with Crippen LogP contribution in [0.4, 0.5) is 5.69 Å². The van der Waals surface area contributed by atoms with Crippen molar-refractivity contribution in [2.75, 3.05) is 12.4 Å². The SMILES string of the molecule is COc1cccc(NC(=O)C2(C)Cc3cc(Cl)ccc3C(=O)O2)c1. The van der Waals surface area contributed by atoms with Crippen LogP contribution < -0.4 is 10.1 Å². The van der Waals surface area contributed by atoms with E-state index >= 15 is 0 Å². The Morgan fingerprint density at radius 1 is 1.29 bits per heavy atom. The van der Waals surface area contributed by atoms with E-state index in [9.17, 15) is 9.59 Å². The lowest BCUT2D eigenvalue weighted by Gasteiger charge is -2.33. The van der Waals surface area contributed by atoms with Gasteiger partial charge in [0, 0.05) is 23.2 Å². The average molecular weight is 346 g/mol. The minimum Gasteiger partial charge on any atom is -0.497 e. The standard InChI is InChI=1S/C18H16ClNO4/c1-18(17(22)20-13-4-3-5-14(9-13)23-2)10-11-8-12(19)6-7-15(11)16(21)24-18/h3-9H,10H2,1-2H3,(H,20,22). The van der Waals surface area contributed by atoms with E-state index in [1.54, 1.807) is 56.5 Å². The van der Waals surface area contributed by atoms with Crippen LogP contribution in [0.2, 0.25) is 5.02 Å². The summed E-state index contributed by atoms with van der Waals surface area (Å²) in [6, 6.07) is 11.9. The molecule has 5 nitrogen and oxygen atoms in total. The fraction of sp³-hybridized carbons (Fsp3) is 0.222. The number of carbonyl (C=O) groups excluding carboxylic acids is 2. The molecule has 0 saturated heterocycles. The predicted octanol–water partition coefficient (Wildman–Crippen LogP) is 3.46. The maximum Gasteiger partial charge on any atom is 0.339 e. The van der Waals surface area contributed by atoms with E-state index in [4.69, 9.17) is 21.1 Å². The zero-order valence-electron chi connectivity index (χ0n) is 13.3. The molecule has 0 spiro atoms. The first-order valence-electron chi connectivity index (χ1n) is 7.38. The minimum absolute atomic E-state index is 0.254. The van der Waals surface area contributed by atoms with Crippen molar-refractivity contribution in [2.24, 2.45) is 0 Å². The van der Waals surface area contributed by atoms with Gasteiger partial charge in [-0.25, -0.2) is 4.79 Å². The lowest BCUT2D eigenvalue weighted by Crippen LogP contribution is -2.48. The number of ether oxygens (including phenoxy) is 2. The van der Waals surface area contributed by atoms with Gasteiger partial charge in [0.15, 0.2) is 5.60 Å². The highest BCUT2D eigenvalue weighted by Crippen LogP contribution is 2.31. The zero-order valence-corrected chi connectivity index (χ0v) is 14.0. The number of amides is 1. The molecule has 1 atom stereocenters. The minimum atomic E-state index is -1.31. The Morgan fingerprint density at radius 3 is 2.83 bits per heavy atom. The lowest BCUT2D eigenvalue weighted by atomic mass is 9.89. The Hall–Kier alpha value is -2.53. The van der Waals surface area contributed by atoms with Gasteiger partial charge in [0.05, 0.1) is 12.7 Å². The first-order chi connectivity index (χ1) is 11.4. The van der Waals surface area contributed by atoms with Gasteiger partial charge in [0.2, 0.25) is 0 Å². The monoisotopic (exact) mass is 345 g/mol. The topological polar surface area (TPSA) is 64.6 Å². The van der Waals surface area contributed by atoms with Crippen LogP contribution in [0.3, 0.4) is 0 Å². The molecular weight excluding hydrogens is 330 g/mol. The lowest BCUT2D eigenvalue weighted by molar-refractivity contribution is -0.134. The molecule has 124 valence electrons. The molecule has 1 heterocycles. The number of halogens is 1. The number of cyclic esters (lactones) is 1. The number of benzene rings is 2. The molecular formula is C18H16ClNO4. The second-order valence-electron chi connectivity index (χ2n) is 5.78. The maximum absolute atomic E-state index is 12.7. The van der Waals surface area contributed by atoms with Crippen LogP contribution in [0.25, 0.3) is 0 Å². The maximum atomic E-state index is 12.7. The van der Waals surface area contributed by atoms with Gasteiger partial charge in [-0.3, -0.25) is 4.79 Å². The quantitative estimate of drug-likeness (QED) is 0.865. The summed E-state index contributed by atoms with van der Waals surface area (Å²) in [6.07, 6.45) is 0.254.